The SMILES string of the molecule is Cc1ccc(S(=O)(=O)N2CC(F)(F)C[C@]3(CCCNC3=O)C2)c2ccccc12. The summed E-state index contributed by atoms with van der Waals surface area (Å²) < 4.78 is 56.8. The summed E-state index contributed by atoms with van der Waals surface area (Å²) in [5, 5.41) is 3.90. The Labute approximate surface area is 162 Å². The standard InChI is InChI=1S/C20H22F2N2O3S/c1-14-7-8-17(16-6-3-2-5-15(14)16)28(26,27)24-12-19(11-20(21,22)13-24)9-4-10-23-18(19)25/h2-3,5-8H,4,9-13H2,1H3,(H,23,25)/t19-/m1/s1. The lowest BCUT2D eigenvalue weighted by molar-refractivity contribution is -0.151. The molecule has 8 heteroatoms. The lowest BCUT2D eigenvalue weighted by Gasteiger charge is -2.46. The smallest absolute Gasteiger partial charge is 0.262 e. The molecule has 2 fully saturated rings. The zero-order valence-electron chi connectivity index (χ0n) is 15.5. The van der Waals surface area contributed by atoms with E-state index < -0.39 is 40.2 Å². The summed E-state index contributed by atoms with van der Waals surface area (Å²) in [6, 6.07) is 10.2. The molecule has 150 valence electrons. The number of amides is 1. The Morgan fingerprint density at radius 1 is 1.07 bits per heavy atom. The predicted octanol–water partition coefficient (Wildman–Crippen LogP) is 3.07. The fourth-order valence-corrected chi connectivity index (χ4v) is 6.21. The maximum absolute atomic E-state index is 14.6. The van der Waals surface area contributed by atoms with Gasteiger partial charge in [-0.05, 0) is 36.8 Å². The van der Waals surface area contributed by atoms with Crippen molar-refractivity contribution in [3.63, 3.8) is 0 Å². The molecule has 1 N–H and O–H groups in total. The van der Waals surface area contributed by atoms with Crippen LogP contribution in [0.4, 0.5) is 8.78 Å². The predicted molar refractivity (Wildman–Crippen MR) is 102 cm³/mol. The normalized spacial score (nSPS) is 25.8. The topological polar surface area (TPSA) is 66.5 Å². The third-order valence-electron chi connectivity index (χ3n) is 5.80. The average Bonchev–Trinajstić information content (AvgIpc) is 2.63. The Hall–Kier alpha value is -2.06. The second-order valence-corrected chi connectivity index (χ2v) is 9.78. The van der Waals surface area contributed by atoms with E-state index in [9.17, 15) is 22.0 Å². The van der Waals surface area contributed by atoms with Crippen molar-refractivity contribution in [2.75, 3.05) is 19.6 Å². The largest absolute Gasteiger partial charge is 0.356 e. The Kier molecular flexibility index (Phi) is 4.46. The summed E-state index contributed by atoms with van der Waals surface area (Å²) in [5.41, 5.74) is -0.477. The molecule has 0 aliphatic carbocycles. The van der Waals surface area contributed by atoms with Crippen LogP contribution in [-0.2, 0) is 14.8 Å². The molecule has 0 aromatic heterocycles. The number of halogens is 2. The van der Waals surface area contributed by atoms with Crippen LogP contribution in [0.15, 0.2) is 41.3 Å². The summed E-state index contributed by atoms with van der Waals surface area (Å²) in [6.07, 6.45) is 0.199. The van der Waals surface area contributed by atoms with Crippen molar-refractivity contribution in [2.45, 2.75) is 37.0 Å². The zero-order valence-corrected chi connectivity index (χ0v) is 16.4. The number of alkyl halides is 2. The van der Waals surface area contributed by atoms with E-state index in [0.29, 0.717) is 18.4 Å². The number of hydrogen-bond donors (Lipinski definition) is 1. The van der Waals surface area contributed by atoms with Gasteiger partial charge in [-0.3, -0.25) is 4.79 Å². The molecule has 0 saturated carbocycles. The van der Waals surface area contributed by atoms with Crippen molar-refractivity contribution in [3.8, 4) is 0 Å². The maximum Gasteiger partial charge on any atom is 0.262 e. The third-order valence-corrected chi connectivity index (χ3v) is 7.65. The molecule has 2 saturated heterocycles. The van der Waals surface area contributed by atoms with Gasteiger partial charge in [-0.25, -0.2) is 17.2 Å². The van der Waals surface area contributed by atoms with Crippen LogP contribution in [0.3, 0.4) is 0 Å². The minimum Gasteiger partial charge on any atom is -0.356 e. The first kappa shape index (κ1) is 19.3. The number of nitrogens with zero attached hydrogens (tertiary/aromatic N) is 1. The first-order valence-corrected chi connectivity index (χ1v) is 10.7. The number of hydrogen-bond acceptors (Lipinski definition) is 3. The molecule has 2 heterocycles. The van der Waals surface area contributed by atoms with Gasteiger partial charge in [0.25, 0.3) is 5.92 Å². The Bertz CT molecular complexity index is 1050. The molecular formula is C20H22F2N2O3S. The van der Waals surface area contributed by atoms with E-state index in [1.165, 1.54) is 6.07 Å². The fourth-order valence-electron chi connectivity index (χ4n) is 4.46. The second kappa shape index (κ2) is 6.49. The van der Waals surface area contributed by atoms with Crippen LogP contribution in [0.25, 0.3) is 10.8 Å². The van der Waals surface area contributed by atoms with Crippen LogP contribution in [0.2, 0.25) is 0 Å². The summed E-state index contributed by atoms with van der Waals surface area (Å²) in [5.74, 6) is -3.74. The van der Waals surface area contributed by atoms with Crippen molar-refractivity contribution in [2.24, 2.45) is 5.41 Å². The summed E-state index contributed by atoms with van der Waals surface area (Å²) in [4.78, 5) is 12.5. The lowest BCUT2D eigenvalue weighted by Crippen LogP contribution is -2.61. The fraction of sp³-hybridized carbons (Fsp3) is 0.450. The van der Waals surface area contributed by atoms with Crippen LogP contribution < -0.4 is 5.32 Å². The van der Waals surface area contributed by atoms with E-state index in [2.05, 4.69) is 5.32 Å². The van der Waals surface area contributed by atoms with Gasteiger partial charge >= 0.3 is 0 Å². The van der Waals surface area contributed by atoms with Gasteiger partial charge in [0.1, 0.15) is 0 Å². The van der Waals surface area contributed by atoms with Crippen LogP contribution >= 0.6 is 0 Å². The summed E-state index contributed by atoms with van der Waals surface area (Å²) >= 11 is 0. The van der Waals surface area contributed by atoms with E-state index in [-0.39, 0.29) is 17.9 Å². The van der Waals surface area contributed by atoms with Gasteiger partial charge in [0, 0.05) is 24.9 Å². The summed E-state index contributed by atoms with van der Waals surface area (Å²) in [6.45, 7) is 1.17. The molecule has 2 aromatic rings. The van der Waals surface area contributed by atoms with Gasteiger partial charge in [0.15, 0.2) is 0 Å². The highest BCUT2D eigenvalue weighted by molar-refractivity contribution is 7.89. The number of nitrogens with one attached hydrogen (secondary N) is 1. The average molecular weight is 408 g/mol. The van der Waals surface area contributed by atoms with Crippen molar-refractivity contribution in [1.82, 2.24) is 9.62 Å². The van der Waals surface area contributed by atoms with Gasteiger partial charge < -0.3 is 5.32 Å². The van der Waals surface area contributed by atoms with Crippen LogP contribution in [0.1, 0.15) is 24.8 Å². The minimum atomic E-state index is -4.20. The van der Waals surface area contributed by atoms with Crippen molar-refractivity contribution in [1.29, 1.82) is 0 Å². The van der Waals surface area contributed by atoms with Gasteiger partial charge in [-0.2, -0.15) is 4.31 Å². The molecule has 2 aliphatic heterocycles. The molecule has 4 rings (SSSR count). The Morgan fingerprint density at radius 2 is 1.79 bits per heavy atom. The number of rotatable bonds is 2. The second-order valence-electron chi connectivity index (χ2n) is 7.87. The lowest BCUT2D eigenvalue weighted by atomic mass is 9.73. The van der Waals surface area contributed by atoms with E-state index in [4.69, 9.17) is 0 Å². The minimum absolute atomic E-state index is 0.00207. The first-order chi connectivity index (χ1) is 13.1. The van der Waals surface area contributed by atoms with E-state index in [0.717, 1.165) is 15.3 Å². The number of carbonyl (C=O) groups excluding carboxylic acids is 1. The van der Waals surface area contributed by atoms with Crippen molar-refractivity contribution >= 4 is 26.7 Å². The monoisotopic (exact) mass is 408 g/mol. The molecule has 2 aliphatic rings. The molecule has 2 aromatic carbocycles. The maximum atomic E-state index is 14.6. The zero-order chi connectivity index (χ0) is 20.2. The van der Waals surface area contributed by atoms with Gasteiger partial charge in [-0.1, -0.05) is 30.3 Å². The highest BCUT2D eigenvalue weighted by Gasteiger charge is 2.56. The number of aryl methyl sites for hydroxylation is 1. The highest BCUT2D eigenvalue weighted by Crippen LogP contribution is 2.45. The third kappa shape index (κ3) is 3.08. The first-order valence-electron chi connectivity index (χ1n) is 9.29. The molecule has 0 radical (unpaired) electrons. The van der Waals surface area contributed by atoms with Gasteiger partial charge in [0.2, 0.25) is 15.9 Å². The molecule has 1 atom stereocenters. The number of fused-ring (bicyclic) bond motifs is 1. The quantitative estimate of drug-likeness (QED) is 0.831. The highest BCUT2D eigenvalue weighted by atomic mass is 32.2. The van der Waals surface area contributed by atoms with E-state index >= 15 is 0 Å². The van der Waals surface area contributed by atoms with Gasteiger partial charge in [-0.15, -0.1) is 0 Å². The number of carbonyl (C=O) groups is 1. The van der Waals surface area contributed by atoms with Crippen molar-refractivity contribution in [3.05, 3.63) is 42.0 Å². The molecule has 5 nitrogen and oxygen atoms in total. The van der Waals surface area contributed by atoms with Crippen LogP contribution in [-0.4, -0.2) is 44.2 Å². The molecule has 28 heavy (non-hydrogen) atoms. The molecule has 0 unspecified atom stereocenters. The molecular weight excluding hydrogens is 386 g/mol. The van der Waals surface area contributed by atoms with Crippen LogP contribution in [0.5, 0.6) is 0 Å². The number of piperidine rings is 2. The van der Waals surface area contributed by atoms with Crippen LogP contribution in [0, 0.1) is 12.3 Å². The number of benzene rings is 2. The van der Waals surface area contributed by atoms with Crippen molar-refractivity contribution < 1.29 is 22.0 Å². The Balaban J connectivity index is 1.81. The molecule has 0 bridgehead atoms. The molecule has 1 spiro atoms. The Morgan fingerprint density at radius 3 is 2.50 bits per heavy atom. The summed E-state index contributed by atoms with van der Waals surface area (Å²) in [7, 11) is -4.20. The van der Waals surface area contributed by atoms with E-state index in [1.807, 2.05) is 19.1 Å². The van der Waals surface area contributed by atoms with E-state index in [1.54, 1.807) is 18.2 Å². The number of sulfonamides is 1. The van der Waals surface area contributed by atoms with Gasteiger partial charge in [0.05, 0.1) is 16.9 Å². The molecule has 1 amide bonds.